The molecule has 2 heteroatoms. The Morgan fingerprint density at radius 3 is 2.62 bits per heavy atom. The van der Waals surface area contributed by atoms with Crippen LogP contribution in [0.15, 0.2) is 0 Å². The van der Waals surface area contributed by atoms with Gasteiger partial charge in [0.1, 0.15) is 0 Å². The molecule has 0 radical (unpaired) electrons. The quantitative estimate of drug-likeness (QED) is 0.726. The van der Waals surface area contributed by atoms with Crippen molar-refractivity contribution in [3.8, 4) is 0 Å². The van der Waals surface area contributed by atoms with Gasteiger partial charge in [0.2, 0.25) is 0 Å². The average Bonchev–Trinajstić information content (AvgIpc) is 2.04. The Balaban J connectivity index is 2.14. The van der Waals surface area contributed by atoms with E-state index >= 15 is 0 Å². The van der Waals surface area contributed by atoms with Crippen LogP contribution in [0, 0.1) is 0 Å². The van der Waals surface area contributed by atoms with Gasteiger partial charge >= 0.3 is 0 Å². The van der Waals surface area contributed by atoms with E-state index in [4.69, 9.17) is 4.74 Å². The molecule has 1 fully saturated rings. The Labute approximate surface area is 82.0 Å². The molecule has 0 spiro atoms. The Morgan fingerprint density at radius 1 is 1.31 bits per heavy atom. The highest BCUT2D eigenvalue weighted by Crippen LogP contribution is 2.14. The first-order valence-electron chi connectivity index (χ1n) is 5.57. The van der Waals surface area contributed by atoms with E-state index in [-0.39, 0.29) is 0 Å². The monoisotopic (exact) mass is 185 g/mol. The summed E-state index contributed by atoms with van der Waals surface area (Å²) in [6.07, 6.45) is 5.97. The summed E-state index contributed by atoms with van der Waals surface area (Å²) in [5, 5.41) is 3.54. The Morgan fingerprint density at radius 2 is 2.08 bits per heavy atom. The third-order valence-corrected chi connectivity index (χ3v) is 2.53. The molecule has 13 heavy (non-hydrogen) atoms. The number of piperidine rings is 1. The van der Waals surface area contributed by atoms with Gasteiger partial charge in [0.05, 0.1) is 12.2 Å². The minimum Gasteiger partial charge on any atom is -0.376 e. The minimum absolute atomic E-state index is 0.360. The van der Waals surface area contributed by atoms with Crippen LogP contribution in [0.4, 0.5) is 0 Å². The molecule has 78 valence electrons. The number of hydrogen-bond acceptors (Lipinski definition) is 2. The summed E-state index contributed by atoms with van der Waals surface area (Å²) in [6.45, 7) is 7.57. The first-order valence-corrected chi connectivity index (χ1v) is 5.57. The van der Waals surface area contributed by atoms with Crippen LogP contribution in [0.1, 0.15) is 46.5 Å². The average molecular weight is 185 g/mol. The molecule has 0 saturated carbocycles. The third kappa shape index (κ3) is 4.63. The first kappa shape index (κ1) is 11.0. The molecule has 1 saturated heterocycles. The van der Waals surface area contributed by atoms with Crippen LogP contribution >= 0.6 is 0 Å². The van der Waals surface area contributed by atoms with E-state index in [1.54, 1.807) is 0 Å². The maximum Gasteiger partial charge on any atom is 0.0565 e. The molecule has 1 aliphatic heterocycles. The maximum absolute atomic E-state index is 5.71. The van der Waals surface area contributed by atoms with Crippen LogP contribution in [-0.2, 0) is 4.74 Å². The topological polar surface area (TPSA) is 21.3 Å². The fourth-order valence-corrected chi connectivity index (χ4v) is 2.05. The normalized spacial score (nSPS) is 26.3. The van der Waals surface area contributed by atoms with Crippen LogP contribution in [-0.4, -0.2) is 24.8 Å². The summed E-state index contributed by atoms with van der Waals surface area (Å²) >= 11 is 0. The highest BCUT2D eigenvalue weighted by molar-refractivity contribution is 4.74. The number of nitrogens with one attached hydrogen (secondary N) is 1. The standard InChI is InChI=1S/C11H23NO/c1-9(2)13-10(3)8-11-6-4-5-7-12-11/h9-12H,4-8H2,1-3H3. The van der Waals surface area contributed by atoms with Crippen molar-refractivity contribution in [3.05, 3.63) is 0 Å². The van der Waals surface area contributed by atoms with Gasteiger partial charge < -0.3 is 10.1 Å². The SMILES string of the molecule is CC(C)OC(C)CC1CCCCN1. The van der Waals surface area contributed by atoms with E-state index in [0.717, 1.165) is 6.42 Å². The number of ether oxygens (including phenoxy) is 1. The highest BCUT2D eigenvalue weighted by atomic mass is 16.5. The second-order valence-electron chi connectivity index (χ2n) is 4.38. The zero-order valence-corrected chi connectivity index (χ0v) is 9.18. The van der Waals surface area contributed by atoms with E-state index in [9.17, 15) is 0 Å². The molecule has 1 rings (SSSR count). The van der Waals surface area contributed by atoms with Crippen molar-refractivity contribution in [2.45, 2.75) is 64.7 Å². The molecule has 2 atom stereocenters. The van der Waals surface area contributed by atoms with Gasteiger partial charge in [-0.3, -0.25) is 0 Å². The van der Waals surface area contributed by atoms with Crippen molar-refractivity contribution >= 4 is 0 Å². The summed E-state index contributed by atoms with van der Waals surface area (Å²) in [4.78, 5) is 0. The number of hydrogen-bond donors (Lipinski definition) is 1. The van der Waals surface area contributed by atoms with E-state index in [1.807, 2.05) is 0 Å². The largest absolute Gasteiger partial charge is 0.376 e. The van der Waals surface area contributed by atoms with Crippen molar-refractivity contribution in [2.75, 3.05) is 6.54 Å². The summed E-state index contributed by atoms with van der Waals surface area (Å²) in [5.41, 5.74) is 0. The molecule has 2 nitrogen and oxygen atoms in total. The molecule has 0 aromatic carbocycles. The highest BCUT2D eigenvalue weighted by Gasteiger charge is 2.16. The molecular formula is C11H23NO. The molecule has 0 aromatic heterocycles. The molecule has 0 amide bonds. The van der Waals surface area contributed by atoms with Crippen molar-refractivity contribution in [3.63, 3.8) is 0 Å². The lowest BCUT2D eigenvalue weighted by Crippen LogP contribution is -2.37. The van der Waals surface area contributed by atoms with Crippen LogP contribution in [0.2, 0.25) is 0 Å². The summed E-state index contributed by atoms with van der Waals surface area (Å²) in [7, 11) is 0. The van der Waals surface area contributed by atoms with Gasteiger partial charge in [0.15, 0.2) is 0 Å². The number of rotatable bonds is 4. The predicted molar refractivity (Wildman–Crippen MR) is 55.9 cm³/mol. The van der Waals surface area contributed by atoms with Crippen molar-refractivity contribution < 1.29 is 4.74 Å². The lowest BCUT2D eigenvalue weighted by atomic mass is 10.00. The van der Waals surface area contributed by atoms with Crippen molar-refractivity contribution in [2.24, 2.45) is 0 Å². The van der Waals surface area contributed by atoms with Gasteiger partial charge in [-0.25, -0.2) is 0 Å². The van der Waals surface area contributed by atoms with Crippen molar-refractivity contribution in [1.29, 1.82) is 0 Å². The second kappa shape index (κ2) is 5.61. The Kier molecular flexibility index (Phi) is 4.74. The van der Waals surface area contributed by atoms with Crippen LogP contribution < -0.4 is 5.32 Å². The van der Waals surface area contributed by atoms with E-state index in [0.29, 0.717) is 18.2 Å². The maximum atomic E-state index is 5.71. The zero-order valence-electron chi connectivity index (χ0n) is 9.18. The molecule has 0 aliphatic carbocycles. The van der Waals surface area contributed by atoms with Gasteiger partial charge in [0, 0.05) is 6.04 Å². The van der Waals surface area contributed by atoms with E-state index < -0.39 is 0 Å². The summed E-state index contributed by atoms with van der Waals surface area (Å²) < 4.78 is 5.71. The Hall–Kier alpha value is -0.0800. The molecular weight excluding hydrogens is 162 g/mol. The first-order chi connectivity index (χ1) is 6.18. The van der Waals surface area contributed by atoms with E-state index in [1.165, 1.54) is 25.8 Å². The molecule has 2 unspecified atom stereocenters. The van der Waals surface area contributed by atoms with Gasteiger partial charge in [-0.1, -0.05) is 6.42 Å². The summed E-state index contributed by atoms with van der Waals surface area (Å²) in [6, 6.07) is 0.697. The smallest absolute Gasteiger partial charge is 0.0565 e. The lowest BCUT2D eigenvalue weighted by molar-refractivity contribution is 0.00746. The molecule has 1 aliphatic rings. The Bertz CT molecular complexity index is 130. The second-order valence-corrected chi connectivity index (χ2v) is 4.38. The van der Waals surface area contributed by atoms with Crippen LogP contribution in [0.5, 0.6) is 0 Å². The third-order valence-electron chi connectivity index (χ3n) is 2.53. The van der Waals surface area contributed by atoms with Gasteiger partial charge in [-0.05, 0) is 46.6 Å². The van der Waals surface area contributed by atoms with Crippen LogP contribution in [0.3, 0.4) is 0 Å². The lowest BCUT2D eigenvalue weighted by Gasteiger charge is -2.27. The zero-order chi connectivity index (χ0) is 9.68. The minimum atomic E-state index is 0.360. The van der Waals surface area contributed by atoms with E-state index in [2.05, 4.69) is 26.1 Å². The van der Waals surface area contributed by atoms with Gasteiger partial charge in [-0.2, -0.15) is 0 Å². The molecule has 0 aromatic rings. The van der Waals surface area contributed by atoms with Crippen molar-refractivity contribution in [1.82, 2.24) is 5.32 Å². The molecule has 1 N–H and O–H groups in total. The van der Waals surface area contributed by atoms with Gasteiger partial charge in [-0.15, -0.1) is 0 Å². The molecule has 1 heterocycles. The fraction of sp³-hybridized carbons (Fsp3) is 1.00. The summed E-state index contributed by atoms with van der Waals surface area (Å²) in [5.74, 6) is 0. The fourth-order valence-electron chi connectivity index (χ4n) is 2.05. The van der Waals surface area contributed by atoms with Crippen LogP contribution in [0.25, 0.3) is 0 Å². The molecule has 0 bridgehead atoms. The predicted octanol–water partition coefficient (Wildman–Crippen LogP) is 2.33. The van der Waals surface area contributed by atoms with Gasteiger partial charge in [0.25, 0.3) is 0 Å².